The van der Waals surface area contributed by atoms with E-state index in [0.29, 0.717) is 19.8 Å². The number of hydrogen-bond donors (Lipinski definition) is 0. The molecule has 1 heterocycles. The molecule has 0 N–H and O–H groups in total. The molecule has 0 bridgehead atoms. The van der Waals surface area contributed by atoms with Gasteiger partial charge in [0.2, 0.25) is 0 Å². The summed E-state index contributed by atoms with van der Waals surface area (Å²) in [5.74, 6) is 0. The first-order valence-corrected chi connectivity index (χ1v) is 6.63. The Morgan fingerprint density at radius 3 is 2.67 bits per heavy atom. The highest BCUT2D eigenvalue weighted by atomic mass is 35.5. The quantitative estimate of drug-likeness (QED) is 0.795. The predicted octanol–water partition coefficient (Wildman–Crippen LogP) is 3.05. The number of hydrogen-bond acceptors (Lipinski definition) is 3. The molecule has 0 spiro atoms. The van der Waals surface area contributed by atoms with Crippen LogP contribution in [0.2, 0.25) is 5.02 Å². The summed E-state index contributed by atoms with van der Waals surface area (Å²) in [6.07, 6.45) is 2.50. The third kappa shape index (κ3) is 3.95. The van der Waals surface area contributed by atoms with Gasteiger partial charge >= 0.3 is 0 Å². The fourth-order valence-corrected chi connectivity index (χ4v) is 2.32. The van der Waals surface area contributed by atoms with E-state index in [9.17, 15) is 0 Å². The third-order valence-corrected chi connectivity index (χ3v) is 3.44. The Balaban J connectivity index is 1.69. The molecule has 1 fully saturated rings. The lowest BCUT2D eigenvalue weighted by atomic mass is 10.2. The van der Waals surface area contributed by atoms with Gasteiger partial charge in [-0.25, -0.2) is 0 Å². The van der Waals surface area contributed by atoms with Crippen LogP contribution in [0.4, 0.5) is 0 Å². The minimum absolute atomic E-state index is 0.188. The van der Waals surface area contributed by atoms with Crippen molar-refractivity contribution in [3.8, 4) is 0 Å². The van der Waals surface area contributed by atoms with Gasteiger partial charge in [0.15, 0.2) is 0 Å². The third-order valence-electron chi connectivity index (χ3n) is 3.07. The number of rotatable bonds is 6. The second-order valence-corrected chi connectivity index (χ2v) is 4.93. The van der Waals surface area contributed by atoms with Crippen LogP contribution in [0.25, 0.3) is 0 Å². The molecular weight excluding hydrogens is 252 g/mol. The molecule has 100 valence electrons. The van der Waals surface area contributed by atoms with Gasteiger partial charge in [-0.1, -0.05) is 29.8 Å². The minimum Gasteiger partial charge on any atom is -0.382 e. The zero-order chi connectivity index (χ0) is 12.8. The molecule has 1 saturated heterocycles. The first kappa shape index (κ1) is 13.8. The molecule has 0 aliphatic carbocycles. The second kappa shape index (κ2) is 7.10. The van der Waals surface area contributed by atoms with E-state index < -0.39 is 0 Å². The largest absolute Gasteiger partial charge is 0.382 e. The van der Waals surface area contributed by atoms with Crippen molar-refractivity contribution in [3.05, 3.63) is 34.9 Å². The Morgan fingerprint density at radius 1 is 1.22 bits per heavy atom. The van der Waals surface area contributed by atoms with E-state index in [4.69, 9.17) is 25.8 Å². The smallest absolute Gasteiger partial charge is 0.0814 e. The Labute approximate surface area is 113 Å². The van der Waals surface area contributed by atoms with Crippen molar-refractivity contribution in [2.24, 2.45) is 0 Å². The Morgan fingerprint density at radius 2 is 1.94 bits per heavy atom. The van der Waals surface area contributed by atoms with Crippen LogP contribution in [-0.4, -0.2) is 32.5 Å². The van der Waals surface area contributed by atoms with Gasteiger partial charge in [0.1, 0.15) is 0 Å². The van der Waals surface area contributed by atoms with Crippen LogP contribution in [0.3, 0.4) is 0 Å². The average Bonchev–Trinajstić information content (AvgIpc) is 2.80. The van der Waals surface area contributed by atoms with Gasteiger partial charge in [0.25, 0.3) is 0 Å². The minimum atomic E-state index is 0.188. The van der Waals surface area contributed by atoms with Crippen LogP contribution in [-0.2, 0) is 20.8 Å². The van der Waals surface area contributed by atoms with E-state index in [1.54, 1.807) is 7.11 Å². The van der Waals surface area contributed by atoms with Crippen molar-refractivity contribution >= 4 is 11.6 Å². The van der Waals surface area contributed by atoms with Crippen molar-refractivity contribution < 1.29 is 14.2 Å². The normalized spacial score (nSPS) is 23.4. The summed E-state index contributed by atoms with van der Waals surface area (Å²) in [5.41, 5.74) is 1.02. The molecule has 2 rings (SSSR count). The van der Waals surface area contributed by atoms with Gasteiger partial charge in [-0.05, 0) is 24.5 Å². The van der Waals surface area contributed by atoms with Crippen molar-refractivity contribution in [2.75, 3.05) is 20.3 Å². The summed E-state index contributed by atoms with van der Waals surface area (Å²) >= 11 is 6.06. The lowest BCUT2D eigenvalue weighted by molar-refractivity contribution is -0.0413. The summed E-state index contributed by atoms with van der Waals surface area (Å²) in [5, 5.41) is 0.752. The molecule has 0 aromatic heterocycles. The van der Waals surface area contributed by atoms with Crippen LogP contribution < -0.4 is 0 Å². The van der Waals surface area contributed by atoms with Gasteiger partial charge < -0.3 is 14.2 Å². The maximum Gasteiger partial charge on any atom is 0.0814 e. The molecule has 1 aromatic carbocycles. The van der Waals surface area contributed by atoms with E-state index in [2.05, 4.69) is 0 Å². The summed E-state index contributed by atoms with van der Waals surface area (Å²) in [6.45, 7) is 1.82. The molecule has 2 unspecified atom stereocenters. The second-order valence-electron chi connectivity index (χ2n) is 4.52. The SMILES string of the molecule is COCC1CCC(COCc2ccccc2Cl)O1. The Kier molecular flexibility index (Phi) is 5.45. The summed E-state index contributed by atoms with van der Waals surface area (Å²) < 4.78 is 16.5. The zero-order valence-corrected chi connectivity index (χ0v) is 11.4. The van der Waals surface area contributed by atoms with Crippen LogP contribution in [0.1, 0.15) is 18.4 Å². The Bertz CT molecular complexity index is 370. The number of ether oxygens (including phenoxy) is 3. The van der Waals surface area contributed by atoms with Gasteiger partial charge in [-0.3, -0.25) is 0 Å². The van der Waals surface area contributed by atoms with Gasteiger partial charge in [0, 0.05) is 12.1 Å². The van der Waals surface area contributed by atoms with Crippen molar-refractivity contribution in [1.29, 1.82) is 0 Å². The van der Waals surface area contributed by atoms with Crippen LogP contribution in [0.5, 0.6) is 0 Å². The lowest BCUT2D eigenvalue weighted by Gasteiger charge is -2.13. The number of methoxy groups -OCH3 is 1. The summed E-state index contributed by atoms with van der Waals surface area (Å²) in [4.78, 5) is 0. The van der Waals surface area contributed by atoms with E-state index in [0.717, 1.165) is 23.4 Å². The summed E-state index contributed by atoms with van der Waals surface area (Å²) in [6, 6.07) is 7.74. The maximum atomic E-state index is 6.06. The molecule has 4 heteroatoms. The fourth-order valence-electron chi connectivity index (χ4n) is 2.13. The molecule has 18 heavy (non-hydrogen) atoms. The predicted molar refractivity (Wildman–Crippen MR) is 70.9 cm³/mol. The molecule has 2 atom stereocenters. The molecule has 0 amide bonds. The van der Waals surface area contributed by atoms with E-state index in [1.165, 1.54) is 0 Å². The van der Waals surface area contributed by atoms with Crippen LogP contribution in [0.15, 0.2) is 24.3 Å². The monoisotopic (exact) mass is 270 g/mol. The number of benzene rings is 1. The highest BCUT2D eigenvalue weighted by Gasteiger charge is 2.25. The summed E-state index contributed by atoms with van der Waals surface area (Å²) in [7, 11) is 1.70. The first-order chi connectivity index (χ1) is 8.79. The van der Waals surface area contributed by atoms with Crippen LogP contribution >= 0.6 is 11.6 Å². The molecule has 1 aromatic rings. The average molecular weight is 271 g/mol. The first-order valence-electron chi connectivity index (χ1n) is 6.25. The molecule has 1 aliphatic rings. The maximum absolute atomic E-state index is 6.06. The van der Waals surface area contributed by atoms with Crippen molar-refractivity contribution in [1.82, 2.24) is 0 Å². The molecular formula is C14H19ClO3. The standard InChI is InChI=1S/C14H19ClO3/c1-16-9-12-6-7-13(18-12)10-17-8-11-4-2-3-5-14(11)15/h2-5,12-13H,6-10H2,1H3. The molecule has 0 saturated carbocycles. The van der Waals surface area contributed by atoms with Gasteiger partial charge in [-0.2, -0.15) is 0 Å². The highest BCUT2D eigenvalue weighted by molar-refractivity contribution is 6.31. The van der Waals surface area contributed by atoms with Gasteiger partial charge in [0.05, 0.1) is 32.0 Å². The topological polar surface area (TPSA) is 27.7 Å². The van der Waals surface area contributed by atoms with E-state index in [1.807, 2.05) is 24.3 Å². The van der Waals surface area contributed by atoms with Crippen molar-refractivity contribution in [3.63, 3.8) is 0 Å². The molecule has 0 radical (unpaired) electrons. The fraction of sp³-hybridized carbons (Fsp3) is 0.571. The zero-order valence-electron chi connectivity index (χ0n) is 10.6. The van der Waals surface area contributed by atoms with E-state index in [-0.39, 0.29) is 12.2 Å². The lowest BCUT2D eigenvalue weighted by Crippen LogP contribution is -2.19. The molecule has 3 nitrogen and oxygen atoms in total. The van der Waals surface area contributed by atoms with Crippen molar-refractivity contribution in [2.45, 2.75) is 31.7 Å². The highest BCUT2D eigenvalue weighted by Crippen LogP contribution is 2.21. The van der Waals surface area contributed by atoms with E-state index >= 15 is 0 Å². The number of halogens is 1. The Hall–Kier alpha value is -0.610. The molecule has 1 aliphatic heterocycles. The van der Waals surface area contributed by atoms with Crippen LogP contribution in [0, 0.1) is 0 Å². The van der Waals surface area contributed by atoms with Gasteiger partial charge in [-0.15, -0.1) is 0 Å².